The number of morpholine rings is 1. The number of carbonyl (C=O) groups is 2. The molecule has 0 N–H and O–H groups in total. The number of methoxy groups -OCH3 is 1. The minimum atomic E-state index is -0.767. The van der Waals surface area contributed by atoms with Gasteiger partial charge < -0.3 is 14.4 Å². The number of aromatic nitrogens is 1. The molecule has 0 aromatic carbocycles. The van der Waals surface area contributed by atoms with Gasteiger partial charge in [-0.1, -0.05) is 11.6 Å². The Morgan fingerprint density at radius 2 is 2.35 bits per heavy atom. The van der Waals surface area contributed by atoms with Crippen LogP contribution in [0.4, 0.5) is 0 Å². The minimum Gasteiger partial charge on any atom is -0.467 e. The third-order valence-corrected chi connectivity index (χ3v) is 3.59. The predicted molar refractivity (Wildman–Crippen MR) is 74.6 cm³/mol. The lowest BCUT2D eigenvalue weighted by atomic mass is 10.2. The first-order valence-electron chi connectivity index (χ1n) is 5.82. The highest BCUT2D eigenvalue weighted by Gasteiger charge is 2.31. The number of amides is 1. The highest BCUT2D eigenvalue weighted by Crippen LogP contribution is 2.21. The van der Waals surface area contributed by atoms with Gasteiger partial charge in [-0.3, -0.25) is 4.79 Å². The van der Waals surface area contributed by atoms with Gasteiger partial charge in [0.25, 0.3) is 5.91 Å². The largest absolute Gasteiger partial charge is 0.467 e. The van der Waals surface area contributed by atoms with Crippen molar-refractivity contribution in [1.82, 2.24) is 9.88 Å². The molecule has 0 spiro atoms. The molecule has 0 saturated carbocycles. The second kappa shape index (κ2) is 6.51. The Balaban J connectivity index is 2.16. The summed E-state index contributed by atoms with van der Waals surface area (Å²) in [5, 5.41) is 0.124. The third kappa shape index (κ3) is 3.28. The Labute approximate surface area is 129 Å². The van der Waals surface area contributed by atoms with Gasteiger partial charge in [0, 0.05) is 17.2 Å². The molecule has 1 saturated heterocycles. The zero-order chi connectivity index (χ0) is 14.7. The van der Waals surface area contributed by atoms with Crippen LogP contribution in [-0.2, 0) is 14.3 Å². The fourth-order valence-electron chi connectivity index (χ4n) is 1.85. The van der Waals surface area contributed by atoms with Crippen LogP contribution in [0.15, 0.2) is 16.7 Å². The van der Waals surface area contributed by atoms with Crippen LogP contribution >= 0.6 is 27.5 Å². The first-order valence-corrected chi connectivity index (χ1v) is 6.99. The van der Waals surface area contributed by atoms with Gasteiger partial charge in [0.05, 0.1) is 25.8 Å². The molecule has 2 heterocycles. The monoisotopic (exact) mass is 362 g/mol. The van der Waals surface area contributed by atoms with Crippen LogP contribution in [-0.4, -0.2) is 54.7 Å². The Kier molecular flexibility index (Phi) is 4.95. The molecule has 0 aliphatic carbocycles. The van der Waals surface area contributed by atoms with E-state index >= 15 is 0 Å². The van der Waals surface area contributed by atoms with E-state index in [4.69, 9.17) is 16.3 Å². The standard InChI is InChI=1S/C12H12BrClN2O4/c1-19-12(18)9-6-16(2-3-20-9)11(17)8-4-7(13)5-15-10(8)14/h4-5,9H,2-3,6H2,1H3. The lowest BCUT2D eigenvalue weighted by Gasteiger charge is -2.31. The molecule has 1 unspecified atom stereocenters. The van der Waals surface area contributed by atoms with E-state index in [1.54, 1.807) is 6.07 Å². The first-order chi connectivity index (χ1) is 9.52. The molecule has 6 nitrogen and oxygen atoms in total. The Bertz CT molecular complexity index is 540. The smallest absolute Gasteiger partial charge is 0.336 e. The van der Waals surface area contributed by atoms with Gasteiger partial charge in [-0.15, -0.1) is 0 Å². The van der Waals surface area contributed by atoms with E-state index in [0.717, 1.165) is 0 Å². The summed E-state index contributed by atoms with van der Waals surface area (Å²) in [7, 11) is 1.28. The van der Waals surface area contributed by atoms with Crippen molar-refractivity contribution in [3.8, 4) is 0 Å². The average Bonchev–Trinajstić information content (AvgIpc) is 2.48. The van der Waals surface area contributed by atoms with Crippen molar-refractivity contribution in [1.29, 1.82) is 0 Å². The summed E-state index contributed by atoms with van der Waals surface area (Å²) in [5.74, 6) is -0.790. The van der Waals surface area contributed by atoms with Gasteiger partial charge in [-0.05, 0) is 22.0 Å². The van der Waals surface area contributed by atoms with E-state index < -0.39 is 12.1 Å². The summed E-state index contributed by atoms with van der Waals surface area (Å²) in [5.41, 5.74) is 0.284. The summed E-state index contributed by atoms with van der Waals surface area (Å²) in [6.45, 7) is 0.786. The SMILES string of the molecule is COC(=O)C1CN(C(=O)c2cc(Br)cnc2Cl)CCO1. The molecule has 1 aliphatic rings. The van der Waals surface area contributed by atoms with E-state index in [1.165, 1.54) is 18.2 Å². The number of halogens is 2. The number of nitrogens with zero attached hydrogens (tertiary/aromatic N) is 2. The van der Waals surface area contributed by atoms with E-state index in [-0.39, 0.29) is 29.8 Å². The summed E-state index contributed by atoms with van der Waals surface area (Å²) in [6.07, 6.45) is 0.743. The molecule has 1 aromatic heterocycles. The quantitative estimate of drug-likeness (QED) is 0.588. The van der Waals surface area contributed by atoms with Gasteiger partial charge in [0.15, 0.2) is 6.10 Å². The lowest BCUT2D eigenvalue weighted by molar-refractivity contribution is -0.158. The van der Waals surface area contributed by atoms with Crippen LogP contribution in [0.2, 0.25) is 5.15 Å². The van der Waals surface area contributed by atoms with Gasteiger partial charge >= 0.3 is 5.97 Å². The normalized spacial score (nSPS) is 18.8. The van der Waals surface area contributed by atoms with Crippen LogP contribution in [0, 0.1) is 0 Å². The molecule has 1 fully saturated rings. The molecule has 2 rings (SSSR count). The maximum Gasteiger partial charge on any atom is 0.336 e. The van der Waals surface area contributed by atoms with Gasteiger partial charge in [-0.2, -0.15) is 0 Å². The molecular weight excluding hydrogens is 351 g/mol. The van der Waals surface area contributed by atoms with Crippen molar-refractivity contribution in [3.63, 3.8) is 0 Å². The van der Waals surface area contributed by atoms with Crippen molar-refractivity contribution >= 4 is 39.4 Å². The molecule has 1 aliphatic heterocycles. The van der Waals surface area contributed by atoms with Crippen molar-refractivity contribution in [2.75, 3.05) is 26.8 Å². The van der Waals surface area contributed by atoms with E-state index in [9.17, 15) is 9.59 Å². The second-order valence-electron chi connectivity index (χ2n) is 4.13. The Morgan fingerprint density at radius 1 is 1.60 bits per heavy atom. The van der Waals surface area contributed by atoms with E-state index in [1.807, 2.05) is 0 Å². The van der Waals surface area contributed by atoms with Crippen LogP contribution in [0.25, 0.3) is 0 Å². The van der Waals surface area contributed by atoms with Crippen molar-refractivity contribution in [2.24, 2.45) is 0 Å². The summed E-state index contributed by atoms with van der Waals surface area (Å²) in [4.78, 5) is 29.3. The van der Waals surface area contributed by atoms with Crippen molar-refractivity contribution < 1.29 is 19.1 Å². The highest BCUT2D eigenvalue weighted by atomic mass is 79.9. The number of ether oxygens (including phenoxy) is 2. The van der Waals surface area contributed by atoms with Gasteiger partial charge in [0.1, 0.15) is 5.15 Å². The van der Waals surface area contributed by atoms with E-state index in [2.05, 4.69) is 25.7 Å². The number of pyridine rings is 1. The van der Waals surface area contributed by atoms with Crippen molar-refractivity contribution in [2.45, 2.75) is 6.10 Å². The van der Waals surface area contributed by atoms with Crippen LogP contribution in [0.5, 0.6) is 0 Å². The molecule has 1 atom stereocenters. The van der Waals surface area contributed by atoms with Crippen LogP contribution in [0.3, 0.4) is 0 Å². The topological polar surface area (TPSA) is 68.7 Å². The first kappa shape index (κ1) is 15.2. The highest BCUT2D eigenvalue weighted by molar-refractivity contribution is 9.10. The number of carbonyl (C=O) groups excluding carboxylic acids is 2. The maximum atomic E-state index is 12.4. The number of esters is 1. The molecule has 8 heteroatoms. The number of hydrogen-bond donors (Lipinski definition) is 0. The number of hydrogen-bond acceptors (Lipinski definition) is 5. The molecular formula is C12H12BrClN2O4. The van der Waals surface area contributed by atoms with Crippen LogP contribution < -0.4 is 0 Å². The molecule has 1 aromatic rings. The third-order valence-electron chi connectivity index (χ3n) is 2.85. The molecule has 0 bridgehead atoms. The Morgan fingerprint density at radius 3 is 3.05 bits per heavy atom. The zero-order valence-electron chi connectivity index (χ0n) is 10.6. The maximum absolute atomic E-state index is 12.4. The Hall–Kier alpha value is -1.18. The lowest BCUT2D eigenvalue weighted by Crippen LogP contribution is -2.49. The summed E-state index contributed by atoms with van der Waals surface area (Å²) in [6, 6.07) is 1.60. The minimum absolute atomic E-state index is 0.124. The van der Waals surface area contributed by atoms with Crippen molar-refractivity contribution in [3.05, 3.63) is 27.5 Å². The fourth-order valence-corrected chi connectivity index (χ4v) is 2.37. The van der Waals surface area contributed by atoms with Crippen LogP contribution in [0.1, 0.15) is 10.4 Å². The van der Waals surface area contributed by atoms with E-state index in [0.29, 0.717) is 11.0 Å². The molecule has 1 amide bonds. The fraction of sp³-hybridized carbons (Fsp3) is 0.417. The van der Waals surface area contributed by atoms with Gasteiger partial charge in [0.2, 0.25) is 0 Å². The molecule has 0 radical (unpaired) electrons. The average molecular weight is 364 g/mol. The predicted octanol–water partition coefficient (Wildman–Crippen LogP) is 1.51. The number of rotatable bonds is 2. The van der Waals surface area contributed by atoms with Gasteiger partial charge in [-0.25, -0.2) is 9.78 Å². The molecule has 20 heavy (non-hydrogen) atoms. The summed E-state index contributed by atoms with van der Waals surface area (Å²) >= 11 is 9.18. The second-order valence-corrected chi connectivity index (χ2v) is 5.40. The molecule has 108 valence electrons. The summed E-state index contributed by atoms with van der Waals surface area (Å²) < 4.78 is 10.5. The zero-order valence-corrected chi connectivity index (χ0v) is 13.0.